The molecule has 1 aromatic carbocycles. The van der Waals surface area contributed by atoms with Crippen LogP contribution in [-0.2, 0) is 11.2 Å². The predicted octanol–water partition coefficient (Wildman–Crippen LogP) is 3.06. The highest BCUT2D eigenvalue weighted by Gasteiger charge is 2.37. The molecule has 1 N–H and O–H groups in total. The molecule has 0 atom stereocenters. The van der Waals surface area contributed by atoms with Gasteiger partial charge < -0.3 is 5.11 Å². The van der Waals surface area contributed by atoms with Crippen molar-refractivity contribution in [1.82, 2.24) is 0 Å². The number of aryl methyl sites for hydroxylation is 1. The summed E-state index contributed by atoms with van der Waals surface area (Å²) in [5.74, 6) is -5.70. The molecule has 0 saturated carbocycles. The molecule has 0 spiro atoms. The lowest BCUT2D eigenvalue weighted by atomic mass is 10.1. The largest absolute Gasteiger partial charge is 0.477 e. The molecule has 88 valence electrons. The number of aliphatic carboxylic acids is 1. The third-order valence-electron chi connectivity index (χ3n) is 2.20. The monoisotopic (exact) mass is 246 g/mol. The minimum atomic E-state index is -3.64. The molecule has 0 aliphatic heterocycles. The van der Waals surface area contributed by atoms with Crippen molar-refractivity contribution >= 4 is 17.7 Å². The number of rotatable bonds is 5. The number of alkyl halides is 2. The normalized spacial score (nSPS) is 11.4. The molecule has 0 saturated heterocycles. The molecule has 0 radical (unpaired) electrons. The first kappa shape index (κ1) is 13.0. The van der Waals surface area contributed by atoms with Crippen LogP contribution in [0.1, 0.15) is 12.0 Å². The average molecular weight is 246 g/mol. The van der Waals surface area contributed by atoms with Crippen LogP contribution in [0.5, 0.6) is 0 Å². The van der Waals surface area contributed by atoms with Crippen LogP contribution < -0.4 is 0 Å². The number of hydrogen-bond acceptors (Lipinski definition) is 2. The fourth-order valence-corrected chi connectivity index (χ4v) is 1.61. The second kappa shape index (κ2) is 5.30. The standard InChI is InChI=1S/C11H12F2O2S/c1-16-9-4-2-8(3-5-9)6-7-11(12,13)10(14)15/h2-5H,6-7H2,1H3,(H,14,15). The zero-order chi connectivity index (χ0) is 12.2. The summed E-state index contributed by atoms with van der Waals surface area (Å²) in [4.78, 5) is 11.2. The number of carboxylic acid groups (broad SMARTS) is 1. The lowest BCUT2D eigenvalue weighted by Crippen LogP contribution is -2.28. The minimum Gasteiger partial charge on any atom is -0.477 e. The van der Waals surface area contributed by atoms with E-state index in [0.29, 0.717) is 0 Å². The van der Waals surface area contributed by atoms with E-state index in [2.05, 4.69) is 0 Å². The van der Waals surface area contributed by atoms with Crippen molar-refractivity contribution in [1.29, 1.82) is 0 Å². The maximum absolute atomic E-state index is 12.8. The molecule has 2 nitrogen and oxygen atoms in total. The maximum Gasteiger partial charge on any atom is 0.374 e. The van der Waals surface area contributed by atoms with E-state index in [0.717, 1.165) is 10.5 Å². The number of carbonyl (C=O) groups is 1. The summed E-state index contributed by atoms with van der Waals surface area (Å²) >= 11 is 1.56. The Kier molecular flexibility index (Phi) is 4.29. The van der Waals surface area contributed by atoms with Gasteiger partial charge in [-0.1, -0.05) is 12.1 Å². The third-order valence-corrected chi connectivity index (χ3v) is 2.94. The van der Waals surface area contributed by atoms with E-state index >= 15 is 0 Å². The summed E-state index contributed by atoms with van der Waals surface area (Å²) in [6, 6.07) is 7.14. The van der Waals surface area contributed by atoms with Crippen molar-refractivity contribution in [3.63, 3.8) is 0 Å². The summed E-state index contributed by atoms with van der Waals surface area (Å²) in [6.45, 7) is 0. The van der Waals surface area contributed by atoms with Crippen LogP contribution >= 0.6 is 11.8 Å². The van der Waals surface area contributed by atoms with Crippen molar-refractivity contribution in [3.05, 3.63) is 29.8 Å². The molecule has 0 aliphatic carbocycles. The second-order valence-electron chi connectivity index (χ2n) is 3.36. The Labute approximate surface area is 96.7 Å². The number of carboxylic acids is 1. The van der Waals surface area contributed by atoms with Gasteiger partial charge in [0, 0.05) is 11.3 Å². The van der Waals surface area contributed by atoms with E-state index < -0.39 is 18.3 Å². The van der Waals surface area contributed by atoms with Crippen molar-refractivity contribution in [2.24, 2.45) is 0 Å². The van der Waals surface area contributed by atoms with Gasteiger partial charge in [-0.25, -0.2) is 4.79 Å². The lowest BCUT2D eigenvalue weighted by Gasteiger charge is -2.10. The SMILES string of the molecule is CSc1ccc(CCC(F)(F)C(=O)O)cc1. The number of halogens is 2. The molecular weight excluding hydrogens is 234 g/mol. The van der Waals surface area contributed by atoms with Crippen LogP contribution in [0.4, 0.5) is 8.78 Å². The molecule has 0 amide bonds. The Morgan fingerprint density at radius 2 is 1.94 bits per heavy atom. The van der Waals surface area contributed by atoms with E-state index in [-0.39, 0.29) is 6.42 Å². The first-order valence-electron chi connectivity index (χ1n) is 4.70. The van der Waals surface area contributed by atoms with Crippen LogP contribution in [0, 0.1) is 0 Å². The van der Waals surface area contributed by atoms with Crippen LogP contribution in [-0.4, -0.2) is 23.3 Å². The molecule has 0 heterocycles. The quantitative estimate of drug-likeness (QED) is 0.811. The van der Waals surface area contributed by atoms with Crippen molar-refractivity contribution in [2.45, 2.75) is 23.7 Å². The molecular formula is C11H12F2O2S. The van der Waals surface area contributed by atoms with E-state index in [4.69, 9.17) is 5.11 Å². The van der Waals surface area contributed by atoms with Crippen molar-refractivity contribution in [3.8, 4) is 0 Å². The Hall–Kier alpha value is -1.10. The Morgan fingerprint density at radius 3 is 2.38 bits per heavy atom. The molecule has 0 unspecified atom stereocenters. The van der Waals surface area contributed by atoms with Gasteiger partial charge in [0.25, 0.3) is 0 Å². The third kappa shape index (κ3) is 3.48. The van der Waals surface area contributed by atoms with Crippen molar-refractivity contribution in [2.75, 3.05) is 6.26 Å². The van der Waals surface area contributed by atoms with Crippen LogP contribution in [0.3, 0.4) is 0 Å². The van der Waals surface area contributed by atoms with E-state index in [1.54, 1.807) is 23.9 Å². The highest BCUT2D eigenvalue weighted by molar-refractivity contribution is 7.98. The smallest absolute Gasteiger partial charge is 0.374 e. The molecule has 5 heteroatoms. The molecule has 16 heavy (non-hydrogen) atoms. The molecule has 1 aromatic rings. The summed E-state index contributed by atoms with van der Waals surface area (Å²) in [7, 11) is 0. The maximum atomic E-state index is 12.8. The predicted molar refractivity (Wildman–Crippen MR) is 59.1 cm³/mol. The van der Waals surface area contributed by atoms with Crippen LogP contribution in [0.15, 0.2) is 29.2 Å². The van der Waals surface area contributed by atoms with Crippen LogP contribution in [0.25, 0.3) is 0 Å². The average Bonchev–Trinajstić information content (AvgIpc) is 2.27. The Morgan fingerprint density at radius 1 is 1.38 bits per heavy atom. The zero-order valence-corrected chi connectivity index (χ0v) is 9.56. The molecule has 0 fully saturated rings. The fourth-order valence-electron chi connectivity index (χ4n) is 1.20. The molecule has 1 rings (SSSR count). The van der Waals surface area contributed by atoms with Gasteiger partial charge >= 0.3 is 11.9 Å². The van der Waals surface area contributed by atoms with Gasteiger partial charge in [-0.2, -0.15) is 8.78 Å². The zero-order valence-electron chi connectivity index (χ0n) is 8.74. The van der Waals surface area contributed by atoms with Gasteiger partial charge in [-0.15, -0.1) is 11.8 Å². The molecule has 0 aliphatic rings. The Balaban J connectivity index is 2.58. The van der Waals surface area contributed by atoms with Gasteiger partial charge in [0.2, 0.25) is 0 Å². The number of benzene rings is 1. The van der Waals surface area contributed by atoms with Crippen LogP contribution in [0.2, 0.25) is 0 Å². The lowest BCUT2D eigenvalue weighted by molar-refractivity contribution is -0.165. The summed E-state index contributed by atoms with van der Waals surface area (Å²) in [5, 5.41) is 8.25. The van der Waals surface area contributed by atoms with Gasteiger partial charge in [0.15, 0.2) is 0 Å². The first-order chi connectivity index (χ1) is 7.45. The van der Waals surface area contributed by atoms with E-state index in [1.807, 2.05) is 18.4 Å². The highest BCUT2D eigenvalue weighted by Crippen LogP contribution is 2.22. The summed E-state index contributed by atoms with van der Waals surface area (Å²) in [6.07, 6.45) is 1.32. The highest BCUT2D eigenvalue weighted by atomic mass is 32.2. The summed E-state index contributed by atoms with van der Waals surface area (Å²) in [5.41, 5.74) is 0.721. The first-order valence-corrected chi connectivity index (χ1v) is 5.92. The number of hydrogen-bond donors (Lipinski definition) is 1. The second-order valence-corrected chi connectivity index (χ2v) is 4.24. The van der Waals surface area contributed by atoms with Gasteiger partial charge in [-0.05, 0) is 30.4 Å². The van der Waals surface area contributed by atoms with E-state index in [9.17, 15) is 13.6 Å². The van der Waals surface area contributed by atoms with Gasteiger partial charge in [-0.3, -0.25) is 0 Å². The fraction of sp³-hybridized carbons (Fsp3) is 0.364. The van der Waals surface area contributed by atoms with Gasteiger partial charge in [0.1, 0.15) is 0 Å². The van der Waals surface area contributed by atoms with Gasteiger partial charge in [0.05, 0.1) is 0 Å². The Bertz CT molecular complexity index is 363. The minimum absolute atomic E-state index is 0.0635. The summed E-state index contributed by atoms with van der Waals surface area (Å²) < 4.78 is 25.5. The topological polar surface area (TPSA) is 37.3 Å². The molecule has 0 aromatic heterocycles. The van der Waals surface area contributed by atoms with Crippen molar-refractivity contribution < 1.29 is 18.7 Å². The van der Waals surface area contributed by atoms with E-state index in [1.165, 1.54) is 0 Å². The molecule has 0 bridgehead atoms. The number of thioether (sulfide) groups is 1.